The third-order valence-electron chi connectivity index (χ3n) is 3.19. The Morgan fingerprint density at radius 2 is 1.58 bits per heavy atom. The second kappa shape index (κ2) is 10.7. The monoisotopic (exact) mass is 337 g/mol. The minimum atomic E-state index is -1.09. The highest BCUT2D eigenvalue weighted by Gasteiger charge is 2.23. The lowest BCUT2D eigenvalue weighted by Crippen LogP contribution is -2.42. The van der Waals surface area contributed by atoms with Crippen molar-refractivity contribution in [3.63, 3.8) is 0 Å². The lowest BCUT2D eigenvalue weighted by Gasteiger charge is -2.25. The minimum absolute atomic E-state index is 0.0636. The molecule has 1 atom stereocenters. The van der Waals surface area contributed by atoms with Crippen molar-refractivity contribution < 1.29 is 14.7 Å². The molecule has 0 heterocycles. The van der Waals surface area contributed by atoms with Crippen LogP contribution in [-0.4, -0.2) is 41.0 Å². The Morgan fingerprint density at radius 3 is 1.92 bits per heavy atom. The molecule has 6 nitrogen and oxygen atoms in total. The van der Waals surface area contributed by atoms with Crippen LogP contribution in [0.1, 0.15) is 48.0 Å². The van der Waals surface area contributed by atoms with Crippen molar-refractivity contribution in [2.45, 2.75) is 54.0 Å². The summed E-state index contributed by atoms with van der Waals surface area (Å²) in [7, 11) is 0. The van der Waals surface area contributed by atoms with Crippen LogP contribution in [0.3, 0.4) is 0 Å². The van der Waals surface area contributed by atoms with E-state index in [-0.39, 0.29) is 11.5 Å². The summed E-state index contributed by atoms with van der Waals surface area (Å²) in [5.41, 5.74) is -0.0636. The van der Waals surface area contributed by atoms with Crippen molar-refractivity contribution in [3.8, 4) is 6.07 Å². The van der Waals surface area contributed by atoms with Crippen LogP contribution in [0.5, 0.6) is 0 Å². The van der Waals surface area contributed by atoms with Gasteiger partial charge in [0.15, 0.2) is 0 Å². The number of hydrogen-bond acceptors (Lipinski definition) is 4. The average molecular weight is 337 g/mol. The van der Waals surface area contributed by atoms with Gasteiger partial charge in [-0.2, -0.15) is 5.26 Å². The molecule has 24 heavy (non-hydrogen) atoms. The standard InChI is InChI=1S/C18H31N3O3/c1-12(2)7-16(18(23)24)20-17(22)15(8-19)11-21(9-13(3)4)10-14(5)6/h11-14,16H,7,9-10H2,1-6H3,(H,20,22)(H,23,24)/b15-11-. The Hall–Kier alpha value is -2.03. The van der Waals surface area contributed by atoms with Gasteiger partial charge in [0, 0.05) is 19.3 Å². The van der Waals surface area contributed by atoms with E-state index in [2.05, 4.69) is 33.0 Å². The summed E-state index contributed by atoms with van der Waals surface area (Å²) in [6.45, 7) is 13.5. The largest absolute Gasteiger partial charge is 0.480 e. The molecule has 0 aromatic rings. The molecule has 1 amide bonds. The van der Waals surface area contributed by atoms with E-state index in [0.29, 0.717) is 18.3 Å². The van der Waals surface area contributed by atoms with Gasteiger partial charge in [-0.05, 0) is 24.2 Å². The number of carbonyl (C=O) groups excluding carboxylic acids is 1. The number of nitrogens with one attached hydrogen (secondary N) is 1. The van der Waals surface area contributed by atoms with Gasteiger partial charge < -0.3 is 15.3 Å². The maximum atomic E-state index is 12.3. The molecular formula is C18H31N3O3. The number of rotatable bonds is 10. The molecule has 6 heteroatoms. The van der Waals surface area contributed by atoms with Crippen molar-refractivity contribution in [1.29, 1.82) is 5.26 Å². The van der Waals surface area contributed by atoms with Crippen LogP contribution < -0.4 is 5.32 Å². The molecule has 0 aliphatic carbocycles. The highest BCUT2D eigenvalue weighted by atomic mass is 16.4. The Labute approximate surface area is 145 Å². The zero-order chi connectivity index (χ0) is 18.9. The number of nitrogens with zero attached hydrogens (tertiary/aromatic N) is 2. The quantitative estimate of drug-likeness (QED) is 0.472. The summed E-state index contributed by atoms with van der Waals surface area (Å²) in [5.74, 6) is -0.829. The van der Waals surface area contributed by atoms with E-state index in [9.17, 15) is 20.0 Å². The van der Waals surface area contributed by atoms with Crippen molar-refractivity contribution in [1.82, 2.24) is 10.2 Å². The Kier molecular flexibility index (Phi) is 9.79. The van der Waals surface area contributed by atoms with Gasteiger partial charge in [-0.25, -0.2) is 4.79 Å². The van der Waals surface area contributed by atoms with Crippen LogP contribution in [0, 0.1) is 29.1 Å². The average Bonchev–Trinajstić information content (AvgIpc) is 2.41. The number of nitriles is 1. The fraction of sp³-hybridized carbons (Fsp3) is 0.722. The fourth-order valence-electron chi connectivity index (χ4n) is 2.37. The normalized spacial score (nSPS) is 13.1. The maximum Gasteiger partial charge on any atom is 0.326 e. The van der Waals surface area contributed by atoms with Gasteiger partial charge in [0.05, 0.1) is 0 Å². The molecule has 0 aromatic heterocycles. The van der Waals surface area contributed by atoms with E-state index in [1.807, 2.05) is 24.8 Å². The molecule has 0 spiro atoms. The number of carboxylic acids is 1. The first-order valence-corrected chi connectivity index (χ1v) is 8.46. The Bertz CT molecular complexity index is 480. The fourth-order valence-corrected chi connectivity index (χ4v) is 2.37. The van der Waals surface area contributed by atoms with Gasteiger partial charge in [-0.15, -0.1) is 0 Å². The lowest BCUT2D eigenvalue weighted by molar-refractivity contribution is -0.141. The van der Waals surface area contributed by atoms with Crippen molar-refractivity contribution in [3.05, 3.63) is 11.8 Å². The molecule has 0 radical (unpaired) electrons. The molecule has 0 fully saturated rings. The molecule has 0 rings (SSSR count). The first kappa shape index (κ1) is 22.0. The van der Waals surface area contributed by atoms with Gasteiger partial charge >= 0.3 is 5.97 Å². The topological polar surface area (TPSA) is 93.4 Å². The second-order valence-corrected chi connectivity index (χ2v) is 7.39. The molecule has 136 valence electrons. The molecule has 2 N–H and O–H groups in total. The van der Waals surface area contributed by atoms with Gasteiger partial charge in [0.25, 0.3) is 5.91 Å². The highest BCUT2D eigenvalue weighted by Crippen LogP contribution is 2.09. The zero-order valence-corrected chi connectivity index (χ0v) is 15.7. The number of amides is 1. The summed E-state index contributed by atoms with van der Waals surface area (Å²) in [6.07, 6.45) is 1.87. The lowest BCUT2D eigenvalue weighted by atomic mass is 10.0. The van der Waals surface area contributed by atoms with Gasteiger partial charge in [-0.3, -0.25) is 4.79 Å². The summed E-state index contributed by atoms with van der Waals surface area (Å²) < 4.78 is 0. The predicted molar refractivity (Wildman–Crippen MR) is 94.0 cm³/mol. The molecule has 0 saturated carbocycles. The third kappa shape index (κ3) is 9.19. The van der Waals surface area contributed by atoms with Crippen LogP contribution >= 0.6 is 0 Å². The molecule has 1 unspecified atom stereocenters. The summed E-state index contributed by atoms with van der Waals surface area (Å²) >= 11 is 0. The molecule has 0 bridgehead atoms. The molecular weight excluding hydrogens is 306 g/mol. The summed E-state index contributed by atoms with van der Waals surface area (Å²) in [4.78, 5) is 25.5. The smallest absolute Gasteiger partial charge is 0.326 e. The first-order valence-electron chi connectivity index (χ1n) is 8.46. The van der Waals surface area contributed by atoms with E-state index >= 15 is 0 Å². The third-order valence-corrected chi connectivity index (χ3v) is 3.19. The minimum Gasteiger partial charge on any atom is -0.480 e. The van der Waals surface area contributed by atoms with E-state index in [1.165, 1.54) is 0 Å². The summed E-state index contributed by atoms with van der Waals surface area (Å²) in [5, 5.41) is 21.0. The van der Waals surface area contributed by atoms with Crippen molar-refractivity contribution >= 4 is 11.9 Å². The predicted octanol–water partition coefficient (Wildman–Crippen LogP) is 2.62. The number of hydrogen-bond donors (Lipinski definition) is 2. The van der Waals surface area contributed by atoms with E-state index in [0.717, 1.165) is 13.1 Å². The number of aliphatic carboxylic acids is 1. The van der Waals surface area contributed by atoms with Crippen LogP contribution in [0.4, 0.5) is 0 Å². The van der Waals surface area contributed by atoms with Gasteiger partial charge in [0.1, 0.15) is 17.7 Å². The molecule has 0 aromatic carbocycles. The van der Waals surface area contributed by atoms with E-state index in [1.54, 1.807) is 6.20 Å². The molecule has 0 aliphatic heterocycles. The summed E-state index contributed by atoms with van der Waals surface area (Å²) in [6, 6.07) is 0.903. The van der Waals surface area contributed by atoms with Crippen LogP contribution in [0.2, 0.25) is 0 Å². The second-order valence-electron chi connectivity index (χ2n) is 7.39. The van der Waals surface area contributed by atoms with Gasteiger partial charge in [0.2, 0.25) is 0 Å². The molecule has 0 saturated heterocycles. The highest BCUT2D eigenvalue weighted by molar-refractivity contribution is 5.99. The SMILES string of the molecule is CC(C)CC(NC(=O)/C(C#N)=C\N(CC(C)C)CC(C)C)C(=O)O. The Morgan fingerprint density at radius 1 is 1.08 bits per heavy atom. The number of carboxylic acid groups (broad SMARTS) is 1. The zero-order valence-electron chi connectivity index (χ0n) is 15.7. The maximum absolute atomic E-state index is 12.3. The van der Waals surface area contributed by atoms with E-state index < -0.39 is 17.9 Å². The first-order chi connectivity index (χ1) is 11.1. The van der Waals surface area contributed by atoms with Crippen LogP contribution in [0.25, 0.3) is 0 Å². The van der Waals surface area contributed by atoms with Crippen molar-refractivity contribution in [2.75, 3.05) is 13.1 Å². The molecule has 0 aliphatic rings. The van der Waals surface area contributed by atoms with Gasteiger partial charge in [-0.1, -0.05) is 41.5 Å². The van der Waals surface area contributed by atoms with Crippen LogP contribution in [-0.2, 0) is 9.59 Å². The van der Waals surface area contributed by atoms with Crippen LogP contribution in [0.15, 0.2) is 11.8 Å². The van der Waals surface area contributed by atoms with Crippen molar-refractivity contribution in [2.24, 2.45) is 17.8 Å². The Balaban J connectivity index is 5.21. The van der Waals surface area contributed by atoms with E-state index in [4.69, 9.17) is 0 Å². The number of carbonyl (C=O) groups is 2.